The Morgan fingerprint density at radius 1 is 1.18 bits per heavy atom. The topological polar surface area (TPSA) is 68.0 Å². The van der Waals surface area contributed by atoms with Crippen LogP contribution in [-0.2, 0) is 0 Å². The van der Waals surface area contributed by atoms with Crippen molar-refractivity contribution in [2.45, 2.75) is 6.92 Å². The van der Waals surface area contributed by atoms with Crippen molar-refractivity contribution in [1.82, 2.24) is 15.0 Å². The van der Waals surface area contributed by atoms with Crippen LogP contribution in [0.5, 0.6) is 0 Å². The van der Waals surface area contributed by atoms with E-state index in [1.54, 1.807) is 19.1 Å². The van der Waals surface area contributed by atoms with Gasteiger partial charge in [-0.3, -0.25) is 4.79 Å². The van der Waals surface area contributed by atoms with Crippen molar-refractivity contribution < 1.29 is 9.90 Å². The maximum absolute atomic E-state index is 12.1. The van der Waals surface area contributed by atoms with E-state index < -0.39 is 11.5 Å². The third-order valence-electron chi connectivity index (χ3n) is 3.32. The summed E-state index contributed by atoms with van der Waals surface area (Å²) < 4.78 is 0. The lowest BCUT2D eigenvalue weighted by Crippen LogP contribution is -2.09. The minimum absolute atomic E-state index is 0.181. The number of carbonyl (C=O) groups is 1. The van der Waals surface area contributed by atoms with Gasteiger partial charge in [0.15, 0.2) is 5.76 Å². The molecule has 0 radical (unpaired) electrons. The minimum Gasteiger partial charge on any atom is -0.505 e. The van der Waals surface area contributed by atoms with Crippen LogP contribution in [0.4, 0.5) is 0 Å². The van der Waals surface area contributed by atoms with E-state index in [0.29, 0.717) is 11.3 Å². The Morgan fingerprint density at radius 3 is 2.32 bits per heavy atom. The molecule has 0 aliphatic carbocycles. The van der Waals surface area contributed by atoms with Crippen LogP contribution in [0.2, 0.25) is 5.02 Å². The zero-order chi connectivity index (χ0) is 15.9. The van der Waals surface area contributed by atoms with E-state index in [1.807, 2.05) is 24.3 Å². The summed E-state index contributed by atoms with van der Waals surface area (Å²) in [4.78, 5) is 13.4. The number of fused-ring (bicyclic) bond motifs is 1. The molecular weight excluding hydrogens is 302 g/mol. The van der Waals surface area contributed by atoms with Crippen LogP contribution in [0.3, 0.4) is 0 Å². The molecule has 1 heterocycles. The second kappa shape index (κ2) is 5.27. The van der Waals surface area contributed by atoms with Gasteiger partial charge in [-0.25, -0.2) is 0 Å². The van der Waals surface area contributed by atoms with Gasteiger partial charge in [-0.1, -0.05) is 36.4 Å². The molecule has 22 heavy (non-hydrogen) atoms. The van der Waals surface area contributed by atoms with E-state index >= 15 is 0 Å². The van der Waals surface area contributed by atoms with Crippen LogP contribution in [0.1, 0.15) is 15.9 Å². The number of aromatic nitrogens is 3. The van der Waals surface area contributed by atoms with E-state index in [2.05, 4.69) is 16.8 Å². The number of aliphatic hydroxyl groups is 1. The summed E-state index contributed by atoms with van der Waals surface area (Å²) in [5.74, 6) is -1.17. The van der Waals surface area contributed by atoms with Gasteiger partial charge in [-0.2, -0.15) is 0 Å². The summed E-state index contributed by atoms with van der Waals surface area (Å²) in [5.41, 5.74) is 2.75. The Bertz CT molecular complexity index is 882. The fourth-order valence-corrected chi connectivity index (χ4v) is 2.58. The van der Waals surface area contributed by atoms with Crippen LogP contribution < -0.4 is 0 Å². The number of rotatable bonds is 3. The number of carbonyl (C=O) groups excluding carboxylic acids is 1. The summed E-state index contributed by atoms with van der Waals surface area (Å²) in [6.45, 7) is 5.00. The first-order valence-electron chi connectivity index (χ1n) is 6.53. The van der Waals surface area contributed by atoms with Crippen molar-refractivity contribution in [1.29, 1.82) is 0 Å². The van der Waals surface area contributed by atoms with Gasteiger partial charge in [0.1, 0.15) is 16.7 Å². The van der Waals surface area contributed by atoms with Crippen molar-refractivity contribution in [2.75, 3.05) is 0 Å². The number of nitrogens with zero attached hydrogens (tertiary/aromatic N) is 3. The monoisotopic (exact) mass is 313 g/mol. The smallest absolute Gasteiger partial charge is 0.228 e. The number of hydrogen-bond donors (Lipinski definition) is 1. The molecule has 0 amide bonds. The Hall–Kier alpha value is -2.66. The summed E-state index contributed by atoms with van der Waals surface area (Å²) >= 11 is 6.34. The number of allylic oxidation sites excluding steroid dienone is 1. The molecule has 0 saturated heterocycles. The first-order chi connectivity index (χ1) is 10.5. The third kappa shape index (κ3) is 2.25. The van der Waals surface area contributed by atoms with E-state index in [4.69, 9.17) is 11.6 Å². The molecule has 0 aliphatic rings. The number of halogens is 1. The SMILES string of the molecule is C=C(O)C(=O)c1c(C)ccc(-n2nc3ccccc3n2)c1Cl. The Morgan fingerprint density at radius 2 is 1.77 bits per heavy atom. The maximum Gasteiger partial charge on any atom is 0.228 e. The summed E-state index contributed by atoms with van der Waals surface area (Å²) in [6.07, 6.45) is 0. The van der Waals surface area contributed by atoms with Crippen molar-refractivity contribution in [3.05, 3.63) is 64.9 Å². The Balaban J connectivity index is 2.21. The standard InChI is InChI=1S/C16H12ClN3O2/c1-9-7-8-13(15(17)14(9)16(22)10(2)21)20-18-11-5-3-4-6-12(11)19-20/h3-8,21H,2H2,1H3. The molecule has 0 unspecified atom stereocenters. The first-order valence-corrected chi connectivity index (χ1v) is 6.91. The van der Waals surface area contributed by atoms with Gasteiger partial charge in [0.05, 0.1) is 5.02 Å². The molecule has 110 valence electrons. The highest BCUT2D eigenvalue weighted by Gasteiger charge is 2.20. The second-order valence-electron chi connectivity index (χ2n) is 4.84. The normalized spacial score (nSPS) is 10.8. The minimum atomic E-state index is -0.610. The zero-order valence-electron chi connectivity index (χ0n) is 11.7. The molecule has 5 nitrogen and oxygen atoms in total. The van der Waals surface area contributed by atoms with Crippen LogP contribution in [-0.4, -0.2) is 25.9 Å². The molecule has 6 heteroatoms. The van der Waals surface area contributed by atoms with Gasteiger partial charge in [0.2, 0.25) is 5.78 Å². The van der Waals surface area contributed by atoms with E-state index in [0.717, 1.165) is 11.0 Å². The van der Waals surface area contributed by atoms with Gasteiger partial charge in [-0.05, 0) is 30.7 Å². The second-order valence-corrected chi connectivity index (χ2v) is 5.22. The molecule has 0 saturated carbocycles. The summed E-state index contributed by atoms with van der Waals surface area (Å²) in [6, 6.07) is 10.9. The Kier molecular flexibility index (Phi) is 3.42. The molecule has 2 aromatic carbocycles. The average Bonchev–Trinajstić information content (AvgIpc) is 2.90. The zero-order valence-corrected chi connectivity index (χ0v) is 12.5. The lowest BCUT2D eigenvalue weighted by molar-refractivity contribution is 0.0978. The van der Waals surface area contributed by atoms with Gasteiger partial charge >= 0.3 is 0 Å². The predicted molar refractivity (Wildman–Crippen MR) is 84.7 cm³/mol. The maximum atomic E-state index is 12.1. The number of aryl methyl sites for hydroxylation is 1. The number of aliphatic hydroxyl groups excluding tert-OH is 1. The van der Waals surface area contributed by atoms with Crippen LogP contribution in [0.25, 0.3) is 16.7 Å². The van der Waals surface area contributed by atoms with E-state index in [1.165, 1.54) is 4.80 Å². The highest BCUT2D eigenvalue weighted by atomic mass is 35.5. The number of hydrogen-bond acceptors (Lipinski definition) is 4. The molecule has 1 N–H and O–H groups in total. The molecular formula is C16H12ClN3O2. The van der Waals surface area contributed by atoms with Gasteiger partial charge in [0, 0.05) is 5.56 Å². The van der Waals surface area contributed by atoms with Gasteiger partial charge in [0.25, 0.3) is 0 Å². The van der Waals surface area contributed by atoms with E-state index in [-0.39, 0.29) is 10.6 Å². The lowest BCUT2D eigenvalue weighted by Gasteiger charge is -2.10. The highest BCUT2D eigenvalue weighted by Crippen LogP contribution is 2.28. The number of Topliss-reactive ketones (excluding diaryl/α,β-unsaturated/α-hetero) is 1. The average molecular weight is 314 g/mol. The molecule has 1 aromatic heterocycles. The van der Waals surface area contributed by atoms with Crippen LogP contribution in [0.15, 0.2) is 48.7 Å². The fraction of sp³-hybridized carbons (Fsp3) is 0.0625. The lowest BCUT2D eigenvalue weighted by atomic mass is 10.0. The quantitative estimate of drug-likeness (QED) is 0.455. The Labute approximate surface area is 131 Å². The van der Waals surface area contributed by atoms with Crippen LogP contribution in [0, 0.1) is 6.92 Å². The van der Waals surface area contributed by atoms with Crippen molar-refractivity contribution in [3.63, 3.8) is 0 Å². The molecule has 0 atom stereocenters. The van der Waals surface area contributed by atoms with Gasteiger partial charge in [-0.15, -0.1) is 15.0 Å². The van der Waals surface area contributed by atoms with Crippen LogP contribution >= 0.6 is 11.6 Å². The highest BCUT2D eigenvalue weighted by molar-refractivity contribution is 6.36. The molecule has 0 bridgehead atoms. The number of ketones is 1. The van der Waals surface area contributed by atoms with E-state index in [9.17, 15) is 9.90 Å². The number of benzene rings is 2. The first kappa shape index (κ1) is 14.3. The fourth-order valence-electron chi connectivity index (χ4n) is 2.21. The molecule has 0 aliphatic heterocycles. The summed E-state index contributed by atoms with van der Waals surface area (Å²) in [5, 5.41) is 18.2. The van der Waals surface area contributed by atoms with Crippen molar-refractivity contribution in [2.24, 2.45) is 0 Å². The molecule has 0 fully saturated rings. The van der Waals surface area contributed by atoms with Crippen molar-refractivity contribution >= 4 is 28.4 Å². The molecule has 3 aromatic rings. The molecule has 0 spiro atoms. The summed E-state index contributed by atoms with van der Waals surface area (Å²) in [7, 11) is 0. The largest absolute Gasteiger partial charge is 0.505 e. The van der Waals surface area contributed by atoms with Gasteiger partial charge < -0.3 is 5.11 Å². The van der Waals surface area contributed by atoms with Crippen molar-refractivity contribution in [3.8, 4) is 5.69 Å². The molecule has 3 rings (SSSR count). The third-order valence-corrected chi connectivity index (χ3v) is 3.70. The predicted octanol–water partition coefficient (Wildman–Crippen LogP) is 3.64.